The van der Waals surface area contributed by atoms with Crippen molar-refractivity contribution < 1.29 is 102 Å². The van der Waals surface area contributed by atoms with Gasteiger partial charge in [-0.3, -0.25) is 9.88 Å². The molecule has 3 aliphatic rings. The molecule has 12 nitrogen and oxygen atoms in total. The van der Waals surface area contributed by atoms with Crippen LogP contribution < -0.4 is 78.5 Å². The van der Waals surface area contributed by atoms with Crippen LogP contribution in [0, 0.1) is 0 Å². The fourth-order valence-electron chi connectivity index (χ4n) is 4.01. The molecule has 2 aromatic rings. The van der Waals surface area contributed by atoms with Gasteiger partial charge in [0.1, 0.15) is 18.4 Å². The second kappa shape index (κ2) is 11.1. The molecule has 1 aromatic heterocycles. The predicted octanol–water partition coefficient (Wildman–Crippen LogP) is -5.19. The molecule has 4 heterocycles. The Labute approximate surface area is 244 Å². The molecule has 5 rings (SSSR count). The van der Waals surface area contributed by atoms with Crippen molar-refractivity contribution in [2.45, 2.75) is 18.2 Å². The Kier molecular flexibility index (Phi) is 8.97. The average Bonchev–Trinajstić information content (AvgIpc) is 3.30. The molecule has 1 unspecified atom stereocenters. The van der Waals surface area contributed by atoms with Crippen molar-refractivity contribution in [1.29, 1.82) is 0 Å². The third kappa shape index (κ3) is 5.88. The van der Waals surface area contributed by atoms with Crippen LogP contribution >= 0.6 is 7.82 Å². The summed E-state index contributed by atoms with van der Waals surface area (Å²) in [5.74, 6) is 0.441. The van der Waals surface area contributed by atoms with Crippen molar-refractivity contribution in [3.8, 4) is 16.9 Å². The van der Waals surface area contributed by atoms with Gasteiger partial charge in [-0.25, -0.2) is 9.59 Å². The molecule has 35 heavy (non-hydrogen) atoms. The van der Waals surface area contributed by atoms with Gasteiger partial charge < -0.3 is 38.0 Å². The summed E-state index contributed by atoms with van der Waals surface area (Å²) < 4.78 is 31.3. The SMILES string of the molecule is CN1CC(c2ccc(-c3ccc4c(c3)OC[C@H]3[C@H](COP(=O)([O-])[O-])OC(=O)N43)cn2)OC1=O.[Na+].[Na+]. The van der Waals surface area contributed by atoms with E-state index >= 15 is 0 Å². The molecule has 0 spiro atoms. The van der Waals surface area contributed by atoms with Gasteiger partial charge in [-0.2, -0.15) is 0 Å². The zero-order valence-corrected chi connectivity index (χ0v) is 24.2. The number of anilines is 1. The van der Waals surface area contributed by atoms with E-state index in [2.05, 4.69) is 9.51 Å². The van der Waals surface area contributed by atoms with E-state index in [1.54, 1.807) is 37.5 Å². The third-order valence-corrected chi connectivity index (χ3v) is 6.14. The maximum atomic E-state index is 12.4. The van der Waals surface area contributed by atoms with E-state index < -0.39 is 38.8 Å². The van der Waals surface area contributed by atoms with Crippen LogP contribution in [0.15, 0.2) is 36.5 Å². The van der Waals surface area contributed by atoms with Gasteiger partial charge >= 0.3 is 71.3 Å². The summed E-state index contributed by atoms with van der Waals surface area (Å²) in [4.78, 5) is 52.7. The molecule has 0 radical (unpaired) electrons. The van der Waals surface area contributed by atoms with Crippen molar-refractivity contribution >= 4 is 25.7 Å². The van der Waals surface area contributed by atoms with Crippen molar-refractivity contribution in [3.05, 3.63) is 42.2 Å². The molecular formula is C20H18N3Na2O9P. The maximum absolute atomic E-state index is 12.4. The quantitative estimate of drug-likeness (QED) is 0.276. The average molecular weight is 521 g/mol. The van der Waals surface area contributed by atoms with Gasteiger partial charge in [-0.15, -0.1) is 0 Å². The Morgan fingerprint density at radius 2 is 1.86 bits per heavy atom. The molecule has 2 fully saturated rings. The van der Waals surface area contributed by atoms with Gasteiger partial charge in [0, 0.05) is 18.8 Å². The number of carbonyl (C=O) groups is 2. The molecule has 3 atom stereocenters. The largest absolute Gasteiger partial charge is 1.00 e. The number of carbonyl (C=O) groups excluding carboxylic acids is 2. The fraction of sp³-hybridized carbons (Fsp3) is 0.350. The first-order valence-electron chi connectivity index (χ1n) is 10.0. The van der Waals surface area contributed by atoms with E-state index in [0.29, 0.717) is 23.7 Å². The van der Waals surface area contributed by atoms with E-state index in [9.17, 15) is 23.9 Å². The molecular weight excluding hydrogens is 503 g/mol. The molecule has 3 aliphatic heterocycles. The first-order valence-corrected chi connectivity index (χ1v) is 11.5. The number of nitrogens with zero attached hydrogens (tertiary/aromatic N) is 3. The normalized spacial score (nSPS) is 22.8. The number of ether oxygens (including phenoxy) is 3. The minimum atomic E-state index is -5.19. The fourth-order valence-corrected chi connectivity index (χ4v) is 4.34. The van der Waals surface area contributed by atoms with Crippen LogP contribution in [0.3, 0.4) is 0 Å². The Balaban J connectivity index is 0.00000171. The number of rotatable bonds is 5. The summed E-state index contributed by atoms with van der Waals surface area (Å²) in [5.41, 5.74) is 2.68. The molecule has 0 N–H and O–H groups in total. The maximum Gasteiger partial charge on any atom is 1.00 e. The minimum absolute atomic E-state index is 0. The van der Waals surface area contributed by atoms with Crippen molar-refractivity contribution in [3.63, 3.8) is 0 Å². The number of aromatic nitrogens is 1. The van der Waals surface area contributed by atoms with Gasteiger partial charge in [0.25, 0.3) is 0 Å². The minimum Gasteiger partial charge on any atom is -0.790 e. The standard InChI is InChI=1S/C20H20N3O9P.2Na/c1-22-8-17(31-19(22)24)13-4-2-12(7-21-13)11-3-5-14-16(6-11)29-9-15-18(10-30-33(26,27)28)32-20(25)23(14)15;;/h2-7,15,17-18H,8-10H2,1H3,(H2,26,27,28);;/q;2*+1/p-2/t15-,17?,18-;;/m0../s1. The smallest absolute Gasteiger partial charge is 0.790 e. The van der Waals surface area contributed by atoms with Crippen LogP contribution in [0.1, 0.15) is 11.8 Å². The zero-order valence-electron chi connectivity index (χ0n) is 19.3. The van der Waals surface area contributed by atoms with E-state index in [0.717, 1.165) is 11.1 Å². The second-order valence-corrected chi connectivity index (χ2v) is 8.97. The van der Waals surface area contributed by atoms with Gasteiger partial charge in [0.15, 0.2) is 12.2 Å². The Morgan fingerprint density at radius 1 is 1.11 bits per heavy atom. The van der Waals surface area contributed by atoms with Gasteiger partial charge in [-0.1, -0.05) is 12.1 Å². The third-order valence-electron chi connectivity index (χ3n) is 5.68. The summed E-state index contributed by atoms with van der Waals surface area (Å²) in [5, 5.41) is 0. The second-order valence-electron chi connectivity index (χ2n) is 7.82. The van der Waals surface area contributed by atoms with Crippen LogP contribution in [0.5, 0.6) is 5.75 Å². The number of hydrogen-bond acceptors (Lipinski definition) is 10. The monoisotopic (exact) mass is 521 g/mol. The van der Waals surface area contributed by atoms with Crippen LogP contribution in [0.25, 0.3) is 11.1 Å². The van der Waals surface area contributed by atoms with E-state index in [1.165, 1.54) is 9.80 Å². The number of benzene rings is 1. The summed E-state index contributed by atoms with van der Waals surface area (Å²) in [6.07, 6.45) is -0.784. The number of pyridine rings is 1. The Bertz CT molecular complexity index is 1160. The number of amides is 2. The van der Waals surface area contributed by atoms with Gasteiger partial charge in [0.2, 0.25) is 0 Å². The van der Waals surface area contributed by atoms with E-state index in [1.807, 2.05) is 6.07 Å². The summed E-state index contributed by atoms with van der Waals surface area (Å²) >= 11 is 0. The molecule has 0 bridgehead atoms. The predicted molar refractivity (Wildman–Crippen MR) is 107 cm³/mol. The number of phosphoric ester groups is 1. The molecule has 15 heteroatoms. The van der Waals surface area contributed by atoms with Crippen molar-refractivity contribution in [1.82, 2.24) is 9.88 Å². The molecule has 0 saturated carbocycles. The van der Waals surface area contributed by atoms with Gasteiger partial charge in [-0.05, 0) is 23.8 Å². The number of cyclic esters (lactones) is 2. The topological polar surface area (TPSA) is 154 Å². The first-order chi connectivity index (χ1) is 15.7. The van der Waals surface area contributed by atoms with Crippen LogP contribution in [0.4, 0.5) is 15.3 Å². The van der Waals surface area contributed by atoms with Crippen molar-refractivity contribution in [2.24, 2.45) is 0 Å². The number of hydrogen-bond donors (Lipinski definition) is 0. The van der Waals surface area contributed by atoms with Crippen LogP contribution in [-0.2, 0) is 18.6 Å². The van der Waals surface area contributed by atoms with Crippen molar-refractivity contribution in [2.75, 3.05) is 31.7 Å². The van der Waals surface area contributed by atoms with Crippen LogP contribution in [0.2, 0.25) is 0 Å². The van der Waals surface area contributed by atoms with Gasteiger partial charge in [0.05, 0.1) is 32.4 Å². The number of likely N-dealkylation sites (N-methyl/N-ethyl adjacent to an activating group) is 1. The molecule has 1 aromatic carbocycles. The summed E-state index contributed by atoms with van der Waals surface area (Å²) in [7, 11) is -3.53. The Hall–Kier alpha value is -1.18. The Morgan fingerprint density at radius 3 is 2.49 bits per heavy atom. The number of fused-ring (bicyclic) bond motifs is 3. The molecule has 2 amide bonds. The summed E-state index contributed by atoms with van der Waals surface area (Å²) in [6.45, 7) is -0.105. The zero-order chi connectivity index (χ0) is 23.3. The van der Waals surface area contributed by atoms with E-state index in [4.69, 9.17) is 14.2 Å². The van der Waals surface area contributed by atoms with Crippen LogP contribution in [-0.4, -0.2) is 61.0 Å². The molecule has 2 saturated heterocycles. The summed E-state index contributed by atoms with van der Waals surface area (Å²) in [6, 6.07) is 8.24. The number of phosphoric acid groups is 1. The van der Waals surface area contributed by atoms with E-state index in [-0.39, 0.29) is 71.8 Å². The molecule has 0 aliphatic carbocycles. The molecule has 174 valence electrons. The first kappa shape index (κ1) is 28.4.